The minimum Gasteiger partial charge on any atom is -0.337 e. The Kier molecular flexibility index (Phi) is 5.42. The quantitative estimate of drug-likeness (QED) is 0.254. The Labute approximate surface area is 236 Å². The lowest BCUT2D eigenvalue weighted by Gasteiger charge is -2.32. The molecule has 0 radical (unpaired) electrons. The van der Waals surface area contributed by atoms with Crippen molar-refractivity contribution >= 4 is 23.5 Å². The van der Waals surface area contributed by atoms with Gasteiger partial charge in [0.05, 0.1) is 11.6 Å². The highest BCUT2D eigenvalue weighted by Crippen LogP contribution is 2.50. The first-order valence-electron chi connectivity index (χ1n) is 14.6. The van der Waals surface area contributed by atoms with E-state index >= 15 is 0 Å². The smallest absolute Gasteiger partial charge is 0.0998 e. The van der Waals surface area contributed by atoms with E-state index < -0.39 is 0 Å². The highest BCUT2D eigenvalue weighted by Gasteiger charge is 2.39. The summed E-state index contributed by atoms with van der Waals surface area (Å²) in [7, 11) is 0. The van der Waals surface area contributed by atoms with Crippen molar-refractivity contribution in [2.24, 2.45) is 0 Å². The van der Waals surface area contributed by atoms with Crippen LogP contribution in [-0.2, 0) is 12.8 Å². The van der Waals surface area contributed by atoms with Crippen molar-refractivity contribution in [3.8, 4) is 22.9 Å². The summed E-state index contributed by atoms with van der Waals surface area (Å²) in [5, 5.41) is 10.0. The number of nitriles is 1. The fraction of sp³-hybridized carbons (Fsp3) is 0.216. The molecular formula is C37H31N3. The van der Waals surface area contributed by atoms with Gasteiger partial charge in [0.15, 0.2) is 0 Å². The average Bonchev–Trinajstić information content (AvgIpc) is 3.54. The van der Waals surface area contributed by atoms with Crippen molar-refractivity contribution in [3.05, 3.63) is 125 Å². The Morgan fingerprint density at radius 2 is 1.62 bits per heavy atom. The van der Waals surface area contributed by atoms with Gasteiger partial charge in [-0.15, -0.1) is 0 Å². The van der Waals surface area contributed by atoms with Crippen LogP contribution in [0.2, 0.25) is 0 Å². The van der Waals surface area contributed by atoms with E-state index in [1.54, 1.807) is 0 Å². The lowest BCUT2D eigenvalue weighted by Crippen LogP contribution is -2.31. The minimum atomic E-state index is 0.395. The second kappa shape index (κ2) is 9.28. The molecule has 1 aliphatic heterocycles. The van der Waals surface area contributed by atoms with Crippen molar-refractivity contribution in [1.82, 2.24) is 4.57 Å². The number of anilines is 2. The summed E-state index contributed by atoms with van der Waals surface area (Å²) in [6.07, 6.45) is 20.6. The molecule has 1 aromatic heterocycles. The third-order valence-corrected chi connectivity index (χ3v) is 9.20. The second-order valence-corrected chi connectivity index (χ2v) is 11.4. The Morgan fingerprint density at radius 1 is 0.800 bits per heavy atom. The molecule has 3 aromatic carbocycles. The lowest BCUT2D eigenvalue weighted by molar-refractivity contribution is 0.565. The van der Waals surface area contributed by atoms with Gasteiger partial charge in [0.2, 0.25) is 0 Å². The number of hydrogen-bond donors (Lipinski definition) is 0. The molecule has 4 aliphatic rings. The molecule has 0 bridgehead atoms. The van der Waals surface area contributed by atoms with Crippen molar-refractivity contribution in [2.75, 3.05) is 4.90 Å². The van der Waals surface area contributed by atoms with Gasteiger partial charge in [-0.2, -0.15) is 5.26 Å². The lowest BCUT2D eigenvalue weighted by atomic mass is 9.87. The highest BCUT2D eigenvalue weighted by atomic mass is 15.2. The van der Waals surface area contributed by atoms with Crippen molar-refractivity contribution in [2.45, 2.75) is 50.5 Å². The maximum absolute atomic E-state index is 10.0. The Hall–Kier alpha value is -4.55. The highest BCUT2D eigenvalue weighted by molar-refractivity contribution is 5.82. The number of para-hydroxylation sites is 1. The topological polar surface area (TPSA) is 32.0 Å². The molecule has 2 heterocycles. The van der Waals surface area contributed by atoms with Crippen molar-refractivity contribution in [3.63, 3.8) is 0 Å². The van der Waals surface area contributed by atoms with E-state index in [0.29, 0.717) is 17.5 Å². The van der Waals surface area contributed by atoms with E-state index in [9.17, 15) is 5.26 Å². The predicted molar refractivity (Wildman–Crippen MR) is 164 cm³/mol. The van der Waals surface area contributed by atoms with Gasteiger partial charge >= 0.3 is 0 Å². The van der Waals surface area contributed by atoms with Gasteiger partial charge in [0, 0.05) is 40.4 Å². The normalized spacial score (nSPS) is 20.0. The molecule has 0 saturated carbocycles. The van der Waals surface area contributed by atoms with Crippen LogP contribution >= 0.6 is 0 Å². The van der Waals surface area contributed by atoms with E-state index in [2.05, 4.69) is 101 Å². The second-order valence-electron chi connectivity index (χ2n) is 11.4. The molecule has 1 unspecified atom stereocenters. The van der Waals surface area contributed by atoms with Gasteiger partial charge in [-0.05, 0) is 103 Å². The van der Waals surface area contributed by atoms with Gasteiger partial charge < -0.3 is 9.47 Å². The molecular weight excluding hydrogens is 486 g/mol. The zero-order valence-corrected chi connectivity index (χ0v) is 22.6. The number of hydrogen-bond acceptors (Lipinski definition) is 2. The first-order valence-corrected chi connectivity index (χ1v) is 14.6. The van der Waals surface area contributed by atoms with Gasteiger partial charge in [-0.3, -0.25) is 0 Å². The monoisotopic (exact) mass is 517 g/mol. The molecule has 0 N–H and O–H groups in total. The molecule has 0 amide bonds. The van der Waals surface area contributed by atoms with Crippen LogP contribution in [0.4, 0.5) is 11.4 Å². The SMILES string of the molecule is N#Cc1ccccc1-c1cc(N2c3ccccc3C3C=CCC[C@H]32)cc(-n2c3c(c4c2CCC=C4)CCC=C3)c1. The Bertz CT molecular complexity index is 1790. The van der Waals surface area contributed by atoms with Crippen LogP contribution in [0.15, 0.2) is 91.0 Å². The summed E-state index contributed by atoms with van der Waals surface area (Å²) < 4.78 is 2.52. The van der Waals surface area contributed by atoms with Gasteiger partial charge in [0.1, 0.15) is 0 Å². The molecule has 3 nitrogen and oxygen atoms in total. The van der Waals surface area contributed by atoms with E-state index in [1.807, 2.05) is 18.2 Å². The molecule has 2 atom stereocenters. The van der Waals surface area contributed by atoms with E-state index in [1.165, 1.54) is 45.1 Å². The molecule has 194 valence electrons. The van der Waals surface area contributed by atoms with E-state index in [-0.39, 0.29) is 0 Å². The van der Waals surface area contributed by atoms with Crippen LogP contribution in [0.1, 0.15) is 65.2 Å². The van der Waals surface area contributed by atoms with E-state index in [0.717, 1.165) is 49.7 Å². The van der Waals surface area contributed by atoms with Crippen molar-refractivity contribution < 1.29 is 0 Å². The van der Waals surface area contributed by atoms with Gasteiger partial charge in [0.25, 0.3) is 0 Å². The molecule has 8 rings (SSSR count). The van der Waals surface area contributed by atoms with Gasteiger partial charge in [-0.1, -0.05) is 66.8 Å². The van der Waals surface area contributed by atoms with Crippen LogP contribution in [0.25, 0.3) is 29.0 Å². The van der Waals surface area contributed by atoms with Crippen LogP contribution in [0.5, 0.6) is 0 Å². The van der Waals surface area contributed by atoms with Crippen LogP contribution < -0.4 is 4.90 Å². The molecule has 3 aliphatic carbocycles. The van der Waals surface area contributed by atoms with Gasteiger partial charge in [-0.25, -0.2) is 0 Å². The fourth-order valence-electron chi connectivity index (χ4n) is 7.50. The molecule has 0 spiro atoms. The third-order valence-electron chi connectivity index (χ3n) is 9.20. The number of nitrogens with zero attached hydrogens (tertiary/aromatic N) is 3. The first kappa shape index (κ1) is 23.3. The summed E-state index contributed by atoms with van der Waals surface area (Å²) in [5.74, 6) is 0.406. The Balaban J connectivity index is 1.40. The zero-order chi connectivity index (χ0) is 26.6. The number of aromatic nitrogens is 1. The maximum atomic E-state index is 10.0. The van der Waals surface area contributed by atoms with Crippen LogP contribution in [0.3, 0.4) is 0 Å². The average molecular weight is 518 g/mol. The third kappa shape index (κ3) is 3.49. The first-order chi connectivity index (χ1) is 19.8. The standard InChI is InChI=1S/C37H31N3/c38-24-25-11-1-2-12-29(25)26-21-27(39-34-17-7-3-13-30(34)31-14-4-8-18-35(31)39)23-28(22-26)40-36-19-9-5-15-32(36)33-16-6-10-20-37(33)40/h1-5,7,10-15,17,20-23,31,35H,6,8-9,16,18-19H2/t31?,35-/m1/s1. The largest absolute Gasteiger partial charge is 0.337 e. The molecule has 0 fully saturated rings. The predicted octanol–water partition coefficient (Wildman–Crippen LogP) is 8.89. The molecule has 4 aromatic rings. The van der Waals surface area contributed by atoms with Crippen LogP contribution in [-0.4, -0.2) is 10.6 Å². The molecule has 3 heteroatoms. The van der Waals surface area contributed by atoms with Crippen LogP contribution in [0, 0.1) is 11.3 Å². The zero-order valence-electron chi connectivity index (χ0n) is 22.6. The summed E-state index contributed by atoms with van der Waals surface area (Å²) >= 11 is 0. The summed E-state index contributed by atoms with van der Waals surface area (Å²) in [6, 6.07) is 26.8. The minimum absolute atomic E-state index is 0.395. The molecule has 40 heavy (non-hydrogen) atoms. The van der Waals surface area contributed by atoms with E-state index in [4.69, 9.17) is 0 Å². The number of fused-ring (bicyclic) bond motifs is 6. The number of benzene rings is 3. The fourth-order valence-corrected chi connectivity index (χ4v) is 7.50. The maximum Gasteiger partial charge on any atom is 0.0998 e. The number of rotatable bonds is 3. The molecule has 0 saturated heterocycles. The Morgan fingerprint density at radius 3 is 2.58 bits per heavy atom. The summed E-state index contributed by atoms with van der Waals surface area (Å²) in [6.45, 7) is 0. The van der Waals surface area contributed by atoms with Crippen molar-refractivity contribution in [1.29, 1.82) is 5.26 Å². The summed E-state index contributed by atoms with van der Waals surface area (Å²) in [5.41, 5.74) is 13.5. The number of allylic oxidation sites excluding steroid dienone is 3. The summed E-state index contributed by atoms with van der Waals surface area (Å²) in [4.78, 5) is 2.59.